The SMILES string of the molecule is COc1cc2c(=O)n(CCCN3CCN(Cc4ccccc4)CC3)[se]c2c(OC)c1OC. The number of ether oxygens (including phenoxy) is 3. The molecule has 1 saturated heterocycles. The maximum atomic E-state index is 13.0. The van der Waals surface area contributed by atoms with E-state index >= 15 is 0 Å². The molecule has 1 aromatic heterocycles. The molecule has 1 aliphatic rings. The van der Waals surface area contributed by atoms with E-state index in [1.54, 1.807) is 27.4 Å². The van der Waals surface area contributed by atoms with Crippen molar-refractivity contribution in [2.75, 3.05) is 54.1 Å². The van der Waals surface area contributed by atoms with Crippen LogP contribution in [0.4, 0.5) is 0 Å². The molecule has 1 aliphatic heterocycles. The van der Waals surface area contributed by atoms with Crippen LogP contribution in [0, 0.1) is 0 Å². The fraction of sp³-hybridized carbons (Fsp3) is 0.458. The van der Waals surface area contributed by atoms with E-state index in [0.29, 0.717) is 22.6 Å². The van der Waals surface area contributed by atoms with E-state index in [1.807, 2.05) is 3.56 Å². The van der Waals surface area contributed by atoms with Gasteiger partial charge in [0.25, 0.3) is 0 Å². The molecule has 0 radical (unpaired) electrons. The van der Waals surface area contributed by atoms with Crippen LogP contribution in [0.25, 0.3) is 9.65 Å². The molecule has 0 spiro atoms. The predicted octanol–water partition coefficient (Wildman–Crippen LogP) is 2.29. The van der Waals surface area contributed by atoms with Gasteiger partial charge in [0.05, 0.1) is 0 Å². The van der Waals surface area contributed by atoms with E-state index in [1.165, 1.54) is 5.56 Å². The summed E-state index contributed by atoms with van der Waals surface area (Å²) in [6, 6.07) is 12.4. The third-order valence-corrected chi connectivity index (χ3v) is 8.42. The molecule has 1 fully saturated rings. The zero-order valence-corrected chi connectivity index (χ0v) is 20.7. The Kier molecular flexibility index (Phi) is 7.58. The summed E-state index contributed by atoms with van der Waals surface area (Å²) in [6.07, 6.45) is 0.969. The minimum absolute atomic E-state index is 0.0620. The maximum absolute atomic E-state index is 13.0. The first-order valence-electron chi connectivity index (χ1n) is 11.0. The molecule has 2 aromatic carbocycles. The number of fused-ring (bicyclic) bond motifs is 1. The second-order valence-corrected chi connectivity index (χ2v) is 10.1. The van der Waals surface area contributed by atoms with E-state index in [2.05, 4.69) is 40.1 Å². The Morgan fingerprint density at radius 1 is 0.875 bits per heavy atom. The average molecular weight is 504 g/mol. The van der Waals surface area contributed by atoms with Crippen molar-refractivity contribution in [2.45, 2.75) is 19.5 Å². The van der Waals surface area contributed by atoms with Gasteiger partial charge in [-0.3, -0.25) is 0 Å². The molecule has 0 bridgehead atoms. The number of rotatable bonds is 9. The fourth-order valence-electron chi connectivity index (χ4n) is 4.26. The van der Waals surface area contributed by atoms with Gasteiger partial charge in [0.2, 0.25) is 0 Å². The van der Waals surface area contributed by atoms with Gasteiger partial charge in [0.15, 0.2) is 0 Å². The van der Waals surface area contributed by atoms with Crippen LogP contribution in [0.5, 0.6) is 17.2 Å². The van der Waals surface area contributed by atoms with Crippen molar-refractivity contribution >= 4 is 24.4 Å². The van der Waals surface area contributed by atoms with Gasteiger partial charge in [-0.25, -0.2) is 0 Å². The van der Waals surface area contributed by atoms with Crippen LogP contribution >= 0.6 is 0 Å². The normalized spacial score (nSPS) is 15.2. The summed E-state index contributed by atoms with van der Waals surface area (Å²) in [7, 11) is 4.78. The minimum atomic E-state index is -0.119. The molecule has 3 aromatic rings. The second-order valence-electron chi connectivity index (χ2n) is 7.98. The van der Waals surface area contributed by atoms with E-state index in [9.17, 15) is 4.79 Å². The number of piperazine rings is 1. The van der Waals surface area contributed by atoms with Gasteiger partial charge in [-0.15, -0.1) is 0 Å². The quantitative estimate of drug-likeness (QED) is 0.417. The number of hydrogen-bond donors (Lipinski definition) is 0. The fourth-order valence-corrected chi connectivity index (χ4v) is 6.62. The van der Waals surface area contributed by atoms with Gasteiger partial charge in [0, 0.05) is 0 Å². The third-order valence-electron chi connectivity index (χ3n) is 5.99. The van der Waals surface area contributed by atoms with Gasteiger partial charge in [0.1, 0.15) is 0 Å². The van der Waals surface area contributed by atoms with Crippen LogP contribution in [-0.2, 0) is 13.1 Å². The van der Waals surface area contributed by atoms with Crippen LogP contribution in [-0.4, -0.2) is 82.1 Å². The van der Waals surface area contributed by atoms with Gasteiger partial charge >= 0.3 is 189 Å². The first-order valence-corrected chi connectivity index (χ1v) is 12.6. The zero-order chi connectivity index (χ0) is 22.5. The average Bonchev–Trinajstić information content (AvgIpc) is 3.14. The summed E-state index contributed by atoms with van der Waals surface area (Å²) in [5.41, 5.74) is 1.44. The van der Waals surface area contributed by atoms with Gasteiger partial charge < -0.3 is 0 Å². The molecule has 4 rings (SSSR count). The summed E-state index contributed by atoms with van der Waals surface area (Å²) in [5.74, 6) is 1.70. The Bertz CT molecular complexity index is 1090. The van der Waals surface area contributed by atoms with Crippen molar-refractivity contribution in [2.24, 2.45) is 0 Å². The summed E-state index contributed by atoms with van der Waals surface area (Å²) < 4.78 is 19.4. The monoisotopic (exact) mass is 505 g/mol. The van der Waals surface area contributed by atoms with Crippen LogP contribution < -0.4 is 19.8 Å². The van der Waals surface area contributed by atoms with Crippen molar-refractivity contribution in [3.8, 4) is 17.2 Å². The van der Waals surface area contributed by atoms with Crippen LogP contribution in [0.2, 0.25) is 0 Å². The summed E-state index contributed by atoms with van der Waals surface area (Å²) in [5, 5.41) is 0.675. The van der Waals surface area contributed by atoms with E-state index in [4.69, 9.17) is 14.2 Å². The number of aromatic nitrogens is 1. The van der Waals surface area contributed by atoms with E-state index in [0.717, 1.165) is 56.5 Å². The third kappa shape index (κ3) is 4.89. The molecule has 0 amide bonds. The van der Waals surface area contributed by atoms with E-state index in [-0.39, 0.29) is 20.3 Å². The van der Waals surface area contributed by atoms with Gasteiger partial charge in [-0.2, -0.15) is 0 Å². The predicted molar refractivity (Wildman–Crippen MR) is 128 cm³/mol. The molecule has 32 heavy (non-hydrogen) atoms. The molecular formula is C24H31N3O4Se. The van der Waals surface area contributed by atoms with Crippen LogP contribution in [0.15, 0.2) is 41.2 Å². The number of hydrogen-bond acceptors (Lipinski definition) is 6. The molecule has 2 heterocycles. The number of methoxy groups -OCH3 is 3. The standard InChI is InChI=1S/C24H31N3O4Se/c1-29-20-16-19-23(22(31-3)21(20)30-2)32-27(24(19)28)11-7-10-25-12-14-26(15-13-25)17-18-8-5-4-6-9-18/h4-6,8-9,16H,7,10-15,17H2,1-3H3. The van der Waals surface area contributed by atoms with Crippen molar-refractivity contribution in [1.82, 2.24) is 13.4 Å². The Balaban J connectivity index is 1.35. The molecule has 0 unspecified atom stereocenters. The molecule has 0 saturated carbocycles. The summed E-state index contributed by atoms with van der Waals surface area (Å²) in [4.78, 5) is 18.0. The second kappa shape index (κ2) is 10.6. The van der Waals surface area contributed by atoms with Crippen molar-refractivity contribution in [1.29, 1.82) is 0 Å². The molecule has 7 nitrogen and oxygen atoms in total. The number of nitrogens with zero attached hydrogens (tertiary/aromatic N) is 3. The molecule has 0 N–H and O–H groups in total. The Morgan fingerprint density at radius 2 is 1.56 bits per heavy atom. The molecule has 0 aliphatic carbocycles. The molecule has 0 atom stereocenters. The van der Waals surface area contributed by atoms with Crippen molar-refractivity contribution in [3.05, 3.63) is 52.3 Å². The van der Waals surface area contributed by atoms with Crippen molar-refractivity contribution < 1.29 is 14.2 Å². The first-order chi connectivity index (χ1) is 15.6. The number of aryl methyl sites for hydroxylation is 1. The molecular weight excluding hydrogens is 473 g/mol. The molecule has 8 heteroatoms. The molecule has 172 valence electrons. The van der Waals surface area contributed by atoms with Crippen molar-refractivity contribution in [3.63, 3.8) is 0 Å². The zero-order valence-electron chi connectivity index (χ0n) is 19.0. The summed E-state index contributed by atoms with van der Waals surface area (Å²) in [6.45, 7) is 7.12. The topological polar surface area (TPSA) is 56.2 Å². The first kappa shape index (κ1) is 22.9. The summed E-state index contributed by atoms with van der Waals surface area (Å²) >= 11 is -0.119. The van der Waals surface area contributed by atoms with Crippen LogP contribution in [0.3, 0.4) is 0 Å². The number of benzene rings is 2. The Morgan fingerprint density at radius 3 is 2.22 bits per heavy atom. The van der Waals surface area contributed by atoms with Crippen LogP contribution in [0.1, 0.15) is 12.0 Å². The Hall–Kier alpha value is -2.25. The van der Waals surface area contributed by atoms with E-state index < -0.39 is 0 Å². The Labute approximate surface area is 195 Å². The van der Waals surface area contributed by atoms with Gasteiger partial charge in [-0.05, 0) is 0 Å². The van der Waals surface area contributed by atoms with Gasteiger partial charge in [-0.1, -0.05) is 6.07 Å².